The molecular formula is C16H23Cl2NO2. The summed E-state index contributed by atoms with van der Waals surface area (Å²) in [7, 11) is 0. The Labute approximate surface area is 138 Å². The van der Waals surface area contributed by atoms with Crippen molar-refractivity contribution in [1.29, 1.82) is 0 Å². The highest BCUT2D eigenvalue weighted by Gasteiger charge is 2.27. The van der Waals surface area contributed by atoms with Gasteiger partial charge in [0.15, 0.2) is 5.72 Å². The standard InChI is InChI=1S/C16H22ClNO2.ClH/c1-5-18(6-2)16(3,4)20-15(19)12-11-13-9-7-8-10-14(13)17;/h7-12H,5-6H2,1-4H3;1H/b12-11-;. The maximum absolute atomic E-state index is 11.9. The van der Waals surface area contributed by atoms with E-state index in [2.05, 4.69) is 4.90 Å². The van der Waals surface area contributed by atoms with Crippen molar-refractivity contribution in [3.63, 3.8) is 0 Å². The highest BCUT2D eigenvalue weighted by atomic mass is 35.5. The molecule has 21 heavy (non-hydrogen) atoms. The van der Waals surface area contributed by atoms with E-state index in [0.29, 0.717) is 5.02 Å². The molecule has 0 aliphatic carbocycles. The molecule has 0 atom stereocenters. The van der Waals surface area contributed by atoms with E-state index in [4.69, 9.17) is 16.3 Å². The van der Waals surface area contributed by atoms with Gasteiger partial charge in [-0.1, -0.05) is 43.6 Å². The molecule has 3 nitrogen and oxygen atoms in total. The van der Waals surface area contributed by atoms with Crippen LogP contribution in [0.15, 0.2) is 30.3 Å². The molecule has 118 valence electrons. The average molecular weight is 332 g/mol. The van der Waals surface area contributed by atoms with E-state index >= 15 is 0 Å². The molecule has 0 N–H and O–H groups in total. The van der Waals surface area contributed by atoms with Crippen LogP contribution in [-0.4, -0.2) is 29.7 Å². The molecule has 1 aromatic carbocycles. The summed E-state index contributed by atoms with van der Waals surface area (Å²) in [4.78, 5) is 14.0. The molecule has 0 fully saturated rings. The first-order valence-electron chi connectivity index (χ1n) is 6.81. The maximum Gasteiger partial charge on any atom is 0.332 e. The van der Waals surface area contributed by atoms with Gasteiger partial charge in [0, 0.05) is 11.1 Å². The number of ether oxygens (including phenoxy) is 1. The zero-order valence-corrected chi connectivity index (χ0v) is 14.5. The smallest absolute Gasteiger partial charge is 0.332 e. The number of nitrogens with zero attached hydrogens (tertiary/aromatic N) is 1. The summed E-state index contributed by atoms with van der Waals surface area (Å²) in [5.74, 6) is -0.373. The molecular weight excluding hydrogens is 309 g/mol. The first-order valence-corrected chi connectivity index (χ1v) is 7.19. The van der Waals surface area contributed by atoms with E-state index in [0.717, 1.165) is 18.7 Å². The van der Waals surface area contributed by atoms with Crippen molar-refractivity contribution in [1.82, 2.24) is 4.90 Å². The predicted molar refractivity (Wildman–Crippen MR) is 90.8 cm³/mol. The molecule has 1 aromatic rings. The van der Waals surface area contributed by atoms with Gasteiger partial charge in [-0.2, -0.15) is 0 Å². The number of carbonyl (C=O) groups excluding carboxylic acids is 1. The molecule has 0 saturated heterocycles. The molecule has 0 heterocycles. The molecule has 0 amide bonds. The van der Waals surface area contributed by atoms with Crippen LogP contribution < -0.4 is 0 Å². The zero-order chi connectivity index (χ0) is 15.2. The number of esters is 1. The van der Waals surface area contributed by atoms with Crippen LogP contribution in [0.4, 0.5) is 0 Å². The second-order valence-corrected chi connectivity index (χ2v) is 5.30. The number of rotatable bonds is 6. The van der Waals surface area contributed by atoms with E-state index in [1.54, 1.807) is 12.1 Å². The summed E-state index contributed by atoms with van der Waals surface area (Å²) in [6.45, 7) is 9.51. The Balaban J connectivity index is 0.00000400. The van der Waals surface area contributed by atoms with Crippen molar-refractivity contribution in [3.8, 4) is 0 Å². The second kappa shape index (κ2) is 9.08. The third-order valence-electron chi connectivity index (χ3n) is 3.18. The fraction of sp³-hybridized carbons (Fsp3) is 0.438. The van der Waals surface area contributed by atoms with Gasteiger partial charge in [-0.15, -0.1) is 12.4 Å². The van der Waals surface area contributed by atoms with Crippen LogP contribution >= 0.6 is 24.0 Å². The fourth-order valence-electron chi connectivity index (χ4n) is 2.10. The predicted octanol–water partition coefficient (Wildman–Crippen LogP) is 4.40. The molecule has 0 spiro atoms. The Morgan fingerprint density at radius 2 is 1.86 bits per heavy atom. The van der Waals surface area contributed by atoms with Crippen molar-refractivity contribution in [2.24, 2.45) is 0 Å². The molecule has 1 rings (SSSR count). The first-order chi connectivity index (χ1) is 9.40. The fourth-order valence-corrected chi connectivity index (χ4v) is 2.30. The van der Waals surface area contributed by atoms with E-state index in [-0.39, 0.29) is 18.4 Å². The van der Waals surface area contributed by atoms with Gasteiger partial charge in [-0.3, -0.25) is 4.90 Å². The quantitative estimate of drug-likeness (QED) is 0.439. The number of carbonyl (C=O) groups is 1. The van der Waals surface area contributed by atoms with Gasteiger partial charge in [-0.05, 0) is 44.6 Å². The van der Waals surface area contributed by atoms with E-state index in [1.165, 1.54) is 6.08 Å². The largest absolute Gasteiger partial charge is 0.441 e. The topological polar surface area (TPSA) is 29.5 Å². The summed E-state index contributed by atoms with van der Waals surface area (Å²) in [5, 5.41) is 0.611. The van der Waals surface area contributed by atoms with E-state index < -0.39 is 5.72 Å². The van der Waals surface area contributed by atoms with E-state index in [9.17, 15) is 4.79 Å². The van der Waals surface area contributed by atoms with Gasteiger partial charge >= 0.3 is 5.97 Å². The normalized spacial score (nSPS) is 11.5. The van der Waals surface area contributed by atoms with E-state index in [1.807, 2.05) is 45.9 Å². The lowest BCUT2D eigenvalue weighted by atomic mass is 10.2. The Morgan fingerprint density at radius 3 is 2.38 bits per heavy atom. The van der Waals surface area contributed by atoms with Crippen LogP contribution in [0, 0.1) is 0 Å². The Morgan fingerprint density at radius 1 is 1.29 bits per heavy atom. The van der Waals surface area contributed by atoms with Gasteiger partial charge in [0.05, 0.1) is 0 Å². The maximum atomic E-state index is 11.9. The van der Waals surface area contributed by atoms with Gasteiger partial charge < -0.3 is 4.74 Å². The summed E-state index contributed by atoms with van der Waals surface area (Å²) >= 11 is 6.02. The van der Waals surface area contributed by atoms with Crippen molar-refractivity contribution < 1.29 is 9.53 Å². The molecule has 5 heteroatoms. The van der Waals surface area contributed by atoms with Gasteiger partial charge in [0.2, 0.25) is 0 Å². The Bertz CT molecular complexity index is 483. The van der Waals surface area contributed by atoms with Crippen molar-refractivity contribution in [3.05, 3.63) is 40.9 Å². The lowest BCUT2D eigenvalue weighted by Crippen LogP contribution is -2.46. The zero-order valence-electron chi connectivity index (χ0n) is 12.9. The van der Waals surface area contributed by atoms with Crippen LogP contribution in [-0.2, 0) is 9.53 Å². The minimum Gasteiger partial charge on any atom is -0.441 e. The summed E-state index contributed by atoms with van der Waals surface area (Å²) in [5.41, 5.74) is 0.178. The summed E-state index contributed by atoms with van der Waals surface area (Å²) in [6.07, 6.45) is 3.08. The van der Waals surface area contributed by atoms with Crippen LogP contribution in [0.25, 0.3) is 6.08 Å². The minimum absolute atomic E-state index is 0. The molecule has 0 aliphatic heterocycles. The molecule has 0 aliphatic rings. The molecule has 0 aromatic heterocycles. The van der Waals surface area contributed by atoms with Gasteiger partial charge in [0.1, 0.15) is 0 Å². The van der Waals surface area contributed by atoms with Gasteiger partial charge in [0.25, 0.3) is 0 Å². The molecule has 0 radical (unpaired) electrons. The Hall–Kier alpha value is -1.03. The van der Waals surface area contributed by atoms with Crippen LogP contribution in [0.2, 0.25) is 5.02 Å². The minimum atomic E-state index is -0.620. The third kappa shape index (κ3) is 6.08. The van der Waals surface area contributed by atoms with Crippen molar-refractivity contribution in [2.45, 2.75) is 33.4 Å². The van der Waals surface area contributed by atoms with Crippen molar-refractivity contribution >= 4 is 36.1 Å². The van der Waals surface area contributed by atoms with Crippen molar-refractivity contribution in [2.75, 3.05) is 13.1 Å². The lowest BCUT2D eigenvalue weighted by Gasteiger charge is -2.35. The number of hydrogen-bond acceptors (Lipinski definition) is 3. The summed E-state index contributed by atoms with van der Waals surface area (Å²) in [6, 6.07) is 7.35. The molecule has 0 saturated carbocycles. The molecule has 0 unspecified atom stereocenters. The third-order valence-corrected chi connectivity index (χ3v) is 3.52. The number of benzene rings is 1. The average Bonchev–Trinajstić information content (AvgIpc) is 2.38. The lowest BCUT2D eigenvalue weighted by molar-refractivity contribution is -0.170. The van der Waals surface area contributed by atoms with Crippen LogP contribution in [0.5, 0.6) is 0 Å². The highest BCUT2D eigenvalue weighted by Crippen LogP contribution is 2.18. The van der Waals surface area contributed by atoms with Gasteiger partial charge in [-0.25, -0.2) is 4.79 Å². The monoisotopic (exact) mass is 331 g/mol. The van der Waals surface area contributed by atoms with Crippen LogP contribution in [0.1, 0.15) is 33.3 Å². The molecule has 0 bridgehead atoms. The summed E-state index contributed by atoms with van der Waals surface area (Å²) < 4.78 is 5.50. The number of halogens is 2. The number of hydrogen-bond donors (Lipinski definition) is 0. The SMILES string of the molecule is CCN(CC)C(C)(C)OC(=O)/C=C\c1ccccc1Cl.Cl. The van der Waals surface area contributed by atoms with Crippen LogP contribution in [0.3, 0.4) is 0 Å². The Kier molecular flexibility index (Phi) is 8.64. The first kappa shape index (κ1) is 20.0. The highest BCUT2D eigenvalue weighted by molar-refractivity contribution is 6.32. The second-order valence-electron chi connectivity index (χ2n) is 4.89.